The van der Waals surface area contributed by atoms with Crippen LogP contribution in [0, 0.1) is 0 Å². The normalized spacial score (nSPS) is 14.9. The third kappa shape index (κ3) is 3.14. The highest BCUT2D eigenvalue weighted by molar-refractivity contribution is 6.32. The van der Waals surface area contributed by atoms with E-state index in [1.165, 1.54) is 0 Å². The highest BCUT2D eigenvalue weighted by Crippen LogP contribution is 2.38. The van der Waals surface area contributed by atoms with E-state index in [4.69, 9.17) is 21.1 Å². The number of ether oxygens (including phenoxy) is 2. The molecule has 0 aliphatic carbocycles. The van der Waals surface area contributed by atoms with Crippen LogP contribution in [0.5, 0.6) is 11.5 Å². The first-order valence-electron chi connectivity index (χ1n) is 5.71. The van der Waals surface area contributed by atoms with Crippen molar-refractivity contribution in [1.29, 1.82) is 0 Å². The van der Waals surface area contributed by atoms with Gasteiger partial charge in [-0.1, -0.05) is 23.8 Å². The lowest BCUT2D eigenvalue weighted by Gasteiger charge is -2.09. The van der Waals surface area contributed by atoms with Gasteiger partial charge in [-0.15, -0.1) is 0 Å². The fourth-order valence-electron chi connectivity index (χ4n) is 1.66. The summed E-state index contributed by atoms with van der Waals surface area (Å²) >= 11 is 6.18. The van der Waals surface area contributed by atoms with E-state index in [2.05, 4.69) is 5.32 Å². The summed E-state index contributed by atoms with van der Waals surface area (Å²) in [6.07, 6.45) is 4.93. The Hall–Kier alpha value is -1.19. The molecule has 0 saturated heterocycles. The first kappa shape index (κ1) is 12.3. The third-order valence-corrected chi connectivity index (χ3v) is 2.74. The number of benzene rings is 1. The van der Waals surface area contributed by atoms with Gasteiger partial charge in [-0.25, -0.2) is 0 Å². The maximum atomic E-state index is 6.18. The SMILES string of the molecule is CNCC=Cc1cc(Cl)c2c(c1)OCCCO2. The van der Waals surface area contributed by atoms with Gasteiger partial charge in [-0.2, -0.15) is 0 Å². The van der Waals surface area contributed by atoms with Crippen molar-refractivity contribution in [2.24, 2.45) is 0 Å². The van der Waals surface area contributed by atoms with Crippen molar-refractivity contribution in [3.05, 3.63) is 28.8 Å². The quantitative estimate of drug-likeness (QED) is 0.899. The van der Waals surface area contributed by atoms with Gasteiger partial charge >= 0.3 is 0 Å². The molecule has 3 nitrogen and oxygen atoms in total. The zero-order chi connectivity index (χ0) is 12.1. The first-order chi connectivity index (χ1) is 8.31. The largest absolute Gasteiger partial charge is 0.489 e. The highest BCUT2D eigenvalue weighted by Gasteiger charge is 2.14. The lowest BCUT2D eigenvalue weighted by atomic mass is 10.2. The Kier molecular flexibility index (Phi) is 4.29. The van der Waals surface area contributed by atoms with Gasteiger partial charge in [-0.3, -0.25) is 0 Å². The highest BCUT2D eigenvalue weighted by atomic mass is 35.5. The van der Waals surface area contributed by atoms with Crippen LogP contribution in [0.3, 0.4) is 0 Å². The molecule has 0 aromatic heterocycles. The van der Waals surface area contributed by atoms with E-state index in [1.807, 2.05) is 31.3 Å². The number of halogens is 1. The van der Waals surface area contributed by atoms with Gasteiger partial charge in [0.25, 0.3) is 0 Å². The summed E-state index contributed by atoms with van der Waals surface area (Å²) in [6.45, 7) is 2.15. The Morgan fingerprint density at radius 3 is 3.00 bits per heavy atom. The van der Waals surface area contributed by atoms with Gasteiger partial charge < -0.3 is 14.8 Å². The summed E-state index contributed by atoms with van der Waals surface area (Å²) in [4.78, 5) is 0. The summed E-state index contributed by atoms with van der Waals surface area (Å²) in [7, 11) is 1.91. The molecule has 0 saturated carbocycles. The molecule has 0 spiro atoms. The molecule has 17 heavy (non-hydrogen) atoms. The van der Waals surface area contributed by atoms with Gasteiger partial charge in [0, 0.05) is 13.0 Å². The second-order valence-corrected chi connectivity index (χ2v) is 4.25. The van der Waals surface area contributed by atoms with Crippen LogP contribution in [0.2, 0.25) is 5.02 Å². The number of fused-ring (bicyclic) bond motifs is 1. The molecule has 0 fully saturated rings. The Labute approximate surface area is 106 Å². The van der Waals surface area contributed by atoms with Crippen molar-refractivity contribution in [3.63, 3.8) is 0 Å². The molecule has 1 aromatic carbocycles. The van der Waals surface area contributed by atoms with Crippen LogP contribution in [-0.2, 0) is 0 Å². The van der Waals surface area contributed by atoms with Crippen molar-refractivity contribution < 1.29 is 9.47 Å². The zero-order valence-corrected chi connectivity index (χ0v) is 10.6. The second-order valence-electron chi connectivity index (χ2n) is 3.84. The first-order valence-corrected chi connectivity index (χ1v) is 6.09. The molecule has 0 unspecified atom stereocenters. The molecule has 92 valence electrons. The molecule has 0 amide bonds. The van der Waals surface area contributed by atoms with Gasteiger partial charge in [0.1, 0.15) is 0 Å². The van der Waals surface area contributed by atoms with Gasteiger partial charge in [-0.05, 0) is 24.7 Å². The van der Waals surface area contributed by atoms with Crippen LogP contribution < -0.4 is 14.8 Å². The lowest BCUT2D eigenvalue weighted by Crippen LogP contribution is -2.03. The minimum Gasteiger partial charge on any atom is -0.489 e. The zero-order valence-electron chi connectivity index (χ0n) is 9.83. The van der Waals surface area contributed by atoms with Crippen molar-refractivity contribution >= 4 is 17.7 Å². The van der Waals surface area contributed by atoms with Crippen LogP contribution in [0.1, 0.15) is 12.0 Å². The standard InChI is InChI=1S/C13H16ClNO2/c1-15-5-2-4-10-8-11(14)13-12(9-10)16-6-3-7-17-13/h2,4,8-9,15H,3,5-7H2,1H3. The number of nitrogens with one attached hydrogen (secondary N) is 1. The molecule has 0 bridgehead atoms. The molecular formula is C13H16ClNO2. The molecule has 0 atom stereocenters. The van der Waals surface area contributed by atoms with E-state index in [9.17, 15) is 0 Å². The maximum absolute atomic E-state index is 6.18. The van der Waals surface area contributed by atoms with Crippen molar-refractivity contribution in [2.75, 3.05) is 26.8 Å². The Morgan fingerprint density at radius 2 is 2.18 bits per heavy atom. The number of rotatable bonds is 3. The molecule has 1 aliphatic rings. The molecular weight excluding hydrogens is 238 g/mol. The smallest absolute Gasteiger partial charge is 0.179 e. The molecule has 2 rings (SSSR count). The van der Waals surface area contributed by atoms with E-state index < -0.39 is 0 Å². The fourth-order valence-corrected chi connectivity index (χ4v) is 1.93. The topological polar surface area (TPSA) is 30.5 Å². The van der Waals surface area contributed by atoms with E-state index in [-0.39, 0.29) is 0 Å². The van der Waals surface area contributed by atoms with E-state index in [0.29, 0.717) is 24.0 Å². The summed E-state index contributed by atoms with van der Waals surface area (Å²) in [5, 5.41) is 3.65. The molecule has 1 aliphatic heterocycles. The fraction of sp³-hybridized carbons (Fsp3) is 0.385. The predicted molar refractivity (Wildman–Crippen MR) is 70.0 cm³/mol. The van der Waals surface area contributed by atoms with Crippen molar-refractivity contribution in [3.8, 4) is 11.5 Å². The summed E-state index contributed by atoms with van der Waals surface area (Å²) < 4.78 is 11.2. The van der Waals surface area contributed by atoms with Crippen LogP contribution in [0.15, 0.2) is 18.2 Å². The summed E-state index contributed by atoms with van der Waals surface area (Å²) in [5.74, 6) is 1.40. The molecule has 0 radical (unpaired) electrons. The summed E-state index contributed by atoms with van der Waals surface area (Å²) in [6, 6.07) is 3.85. The third-order valence-electron chi connectivity index (χ3n) is 2.46. The van der Waals surface area contributed by atoms with Gasteiger partial charge in [0.15, 0.2) is 11.5 Å². The van der Waals surface area contributed by atoms with Gasteiger partial charge in [0.05, 0.1) is 18.2 Å². The van der Waals surface area contributed by atoms with Crippen LogP contribution in [0.25, 0.3) is 6.08 Å². The van der Waals surface area contributed by atoms with E-state index in [1.54, 1.807) is 0 Å². The average molecular weight is 254 g/mol. The van der Waals surface area contributed by atoms with E-state index in [0.717, 1.165) is 24.3 Å². The molecule has 4 heteroatoms. The Balaban J connectivity index is 2.25. The minimum atomic E-state index is 0.605. The number of likely N-dealkylation sites (N-methyl/N-ethyl adjacent to an activating group) is 1. The molecule has 1 heterocycles. The van der Waals surface area contributed by atoms with Crippen LogP contribution in [-0.4, -0.2) is 26.8 Å². The van der Waals surface area contributed by atoms with Crippen molar-refractivity contribution in [1.82, 2.24) is 5.32 Å². The number of hydrogen-bond acceptors (Lipinski definition) is 3. The van der Waals surface area contributed by atoms with Gasteiger partial charge in [0.2, 0.25) is 0 Å². The summed E-state index contributed by atoms with van der Waals surface area (Å²) in [5.41, 5.74) is 1.02. The Morgan fingerprint density at radius 1 is 1.35 bits per heavy atom. The monoisotopic (exact) mass is 253 g/mol. The van der Waals surface area contributed by atoms with E-state index >= 15 is 0 Å². The Bertz CT molecular complexity index is 418. The second kappa shape index (κ2) is 5.94. The van der Waals surface area contributed by atoms with Crippen LogP contribution >= 0.6 is 11.6 Å². The van der Waals surface area contributed by atoms with Crippen LogP contribution in [0.4, 0.5) is 0 Å². The minimum absolute atomic E-state index is 0.605. The number of hydrogen-bond donors (Lipinski definition) is 1. The molecule has 1 aromatic rings. The predicted octanol–water partition coefficient (Wildman–Crippen LogP) is 2.73. The maximum Gasteiger partial charge on any atom is 0.179 e. The average Bonchev–Trinajstić information content (AvgIpc) is 2.55. The lowest BCUT2D eigenvalue weighted by molar-refractivity contribution is 0.297. The molecule has 1 N–H and O–H groups in total. The van der Waals surface area contributed by atoms with Crippen molar-refractivity contribution in [2.45, 2.75) is 6.42 Å².